The second kappa shape index (κ2) is 11.3. The van der Waals surface area contributed by atoms with Crippen LogP contribution in [-0.4, -0.2) is 41.2 Å². The quantitative estimate of drug-likeness (QED) is 0.300. The summed E-state index contributed by atoms with van der Waals surface area (Å²) in [4.78, 5) is 44.3. The maximum Gasteiger partial charge on any atom is 0.259 e. The molecule has 0 aliphatic carbocycles. The molecule has 1 aliphatic heterocycles. The Labute approximate surface area is 233 Å². The number of rotatable bonds is 9. The van der Waals surface area contributed by atoms with Crippen LogP contribution in [0.15, 0.2) is 91.0 Å². The molecule has 0 spiro atoms. The third-order valence-corrected chi connectivity index (χ3v) is 7.16. The van der Waals surface area contributed by atoms with E-state index in [0.717, 1.165) is 21.9 Å². The zero-order valence-electron chi connectivity index (χ0n) is 21.9. The first-order valence-corrected chi connectivity index (χ1v) is 13.4. The number of carbonyl (C=O) groups is 3. The molecule has 1 heterocycles. The molecule has 7 heteroatoms. The van der Waals surface area contributed by atoms with E-state index < -0.39 is 6.04 Å². The van der Waals surface area contributed by atoms with Crippen LogP contribution >= 0.6 is 11.6 Å². The average molecular weight is 540 g/mol. The molecular formula is C32H30ClN3O3. The number of benzene rings is 4. The summed E-state index contributed by atoms with van der Waals surface area (Å²) in [6.07, 6.45) is 0.336. The van der Waals surface area contributed by atoms with Gasteiger partial charge in [-0.05, 0) is 54.6 Å². The summed E-state index contributed by atoms with van der Waals surface area (Å²) in [7, 11) is 0. The Balaban J connectivity index is 1.51. The summed E-state index contributed by atoms with van der Waals surface area (Å²) in [5.74, 6) is -0.773. The molecule has 6 nitrogen and oxygen atoms in total. The van der Waals surface area contributed by atoms with Gasteiger partial charge in [-0.2, -0.15) is 0 Å². The van der Waals surface area contributed by atoms with E-state index in [1.807, 2.05) is 86.6 Å². The number of anilines is 1. The maximum absolute atomic E-state index is 14.1. The molecule has 4 aromatic carbocycles. The van der Waals surface area contributed by atoms with Gasteiger partial charge in [-0.3, -0.25) is 19.3 Å². The fourth-order valence-corrected chi connectivity index (χ4v) is 5.21. The van der Waals surface area contributed by atoms with E-state index in [2.05, 4.69) is 5.32 Å². The van der Waals surface area contributed by atoms with Crippen LogP contribution in [0.25, 0.3) is 10.8 Å². The van der Waals surface area contributed by atoms with E-state index in [1.165, 1.54) is 4.90 Å². The summed E-state index contributed by atoms with van der Waals surface area (Å²) in [6.45, 7) is 3.80. The standard InChI is InChI=1S/C32H30ClN3O3/c1-21(2)34-31(38)28(18-22-8-4-3-5-9-22)35(19-23-14-16-25(33)17-15-23)29(37)20-36-27-13-7-11-24-10-6-12-26(30(24)27)32(36)39/h3-17,21,28H,18-20H2,1-2H3,(H,34,38)/t28-/m0/s1. The fraction of sp³-hybridized carbons (Fsp3) is 0.219. The molecule has 0 saturated heterocycles. The molecule has 0 saturated carbocycles. The van der Waals surface area contributed by atoms with Crippen molar-refractivity contribution >= 4 is 45.8 Å². The van der Waals surface area contributed by atoms with Crippen molar-refractivity contribution in [2.24, 2.45) is 0 Å². The van der Waals surface area contributed by atoms with Crippen LogP contribution in [0.4, 0.5) is 5.69 Å². The predicted octanol–water partition coefficient (Wildman–Crippen LogP) is 5.62. The van der Waals surface area contributed by atoms with Gasteiger partial charge in [0.15, 0.2) is 0 Å². The van der Waals surface area contributed by atoms with Crippen LogP contribution in [0.5, 0.6) is 0 Å². The molecular weight excluding hydrogens is 510 g/mol. The van der Waals surface area contributed by atoms with Gasteiger partial charge >= 0.3 is 0 Å². The molecule has 0 radical (unpaired) electrons. The summed E-state index contributed by atoms with van der Waals surface area (Å²) in [5.41, 5.74) is 3.06. The van der Waals surface area contributed by atoms with E-state index in [1.54, 1.807) is 23.1 Å². The molecule has 0 aromatic heterocycles. The van der Waals surface area contributed by atoms with Gasteiger partial charge in [0.25, 0.3) is 5.91 Å². The second-order valence-corrected chi connectivity index (χ2v) is 10.5. The SMILES string of the molecule is CC(C)NC(=O)[C@H](Cc1ccccc1)N(Cc1ccc(Cl)cc1)C(=O)CN1C(=O)c2cccc3cccc1c23. The lowest BCUT2D eigenvalue weighted by Crippen LogP contribution is -2.54. The largest absolute Gasteiger partial charge is 0.352 e. The minimum absolute atomic E-state index is 0.101. The maximum atomic E-state index is 14.1. The first-order chi connectivity index (χ1) is 18.8. The summed E-state index contributed by atoms with van der Waals surface area (Å²) in [6, 6.07) is 27.3. The number of nitrogens with one attached hydrogen (secondary N) is 1. The van der Waals surface area contributed by atoms with Crippen LogP contribution in [-0.2, 0) is 22.6 Å². The van der Waals surface area contributed by atoms with Crippen molar-refractivity contribution in [1.29, 1.82) is 0 Å². The Kier molecular flexibility index (Phi) is 7.66. The minimum Gasteiger partial charge on any atom is -0.352 e. The predicted molar refractivity (Wildman–Crippen MR) is 155 cm³/mol. The Bertz CT molecular complexity index is 1510. The first kappa shape index (κ1) is 26.4. The van der Waals surface area contributed by atoms with E-state index in [0.29, 0.717) is 22.7 Å². The highest BCUT2D eigenvalue weighted by molar-refractivity contribution is 6.30. The molecule has 4 aromatic rings. The van der Waals surface area contributed by atoms with E-state index >= 15 is 0 Å². The molecule has 1 aliphatic rings. The van der Waals surface area contributed by atoms with Gasteiger partial charge in [-0.1, -0.05) is 78.3 Å². The molecule has 5 rings (SSSR count). The van der Waals surface area contributed by atoms with Crippen LogP contribution in [0, 0.1) is 0 Å². The lowest BCUT2D eigenvalue weighted by atomic mass is 10.0. The number of hydrogen-bond acceptors (Lipinski definition) is 3. The number of amides is 3. The van der Waals surface area contributed by atoms with E-state index in [-0.39, 0.29) is 36.9 Å². The molecule has 0 fully saturated rings. The van der Waals surface area contributed by atoms with Crippen LogP contribution < -0.4 is 10.2 Å². The monoisotopic (exact) mass is 539 g/mol. The lowest BCUT2D eigenvalue weighted by molar-refractivity contribution is -0.140. The zero-order valence-corrected chi connectivity index (χ0v) is 22.7. The van der Waals surface area contributed by atoms with E-state index in [4.69, 9.17) is 11.6 Å². The first-order valence-electron chi connectivity index (χ1n) is 13.0. The highest BCUT2D eigenvalue weighted by atomic mass is 35.5. The smallest absolute Gasteiger partial charge is 0.259 e. The van der Waals surface area contributed by atoms with Gasteiger partial charge < -0.3 is 10.2 Å². The Morgan fingerprint density at radius 1 is 0.872 bits per heavy atom. The molecule has 39 heavy (non-hydrogen) atoms. The molecule has 1 N–H and O–H groups in total. The second-order valence-electron chi connectivity index (χ2n) is 10.1. The summed E-state index contributed by atoms with van der Waals surface area (Å²) in [5, 5.41) is 5.37. The van der Waals surface area contributed by atoms with Crippen molar-refractivity contribution in [2.75, 3.05) is 11.4 Å². The molecule has 0 unspecified atom stereocenters. The van der Waals surface area contributed by atoms with Gasteiger partial charge in [0.1, 0.15) is 12.6 Å². The van der Waals surface area contributed by atoms with Gasteiger partial charge in [-0.25, -0.2) is 0 Å². The third kappa shape index (κ3) is 5.66. The Morgan fingerprint density at radius 2 is 1.56 bits per heavy atom. The highest BCUT2D eigenvalue weighted by Crippen LogP contribution is 2.37. The molecule has 0 bridgehead atoms. The lowest BCUT2D eigenvalue weighted by Gasteiger charge is -2.33. The highest BCUT2D eigenvalue weighted by Gasteiger charge is 2.35. The van der Waals surface area contributed by atoms with Crippen molar-refractivity contribution in [3.63, 3.8) is 0 Å². The normalized spacial score (nSPS) is 13.1. The van der Waals surface area contributed by atoms with Gasteiger partial charge in [0.2, 0.25) is 11.8 Å². The molecule has 1 atom stereocenters. The summed E-state index contributed by atoms with van der Waals surface area (Å²) >= 11 is 6.11. The van der Waals surface area contributed by atoms with Crippen molar-refractivity contribution < 1.29 is 14.4 Å². The van der Waals surface area contributed by atoms with Crippen molar-refractivity contribution in [3.8, 4) is 0 Å². The molecule has 198 valence electrons. The minimum atomic E-state index is -0.783. The third-order valence-electron chi connectivity index (χ3n) is 6.91. The van der Waals surface area contributed by atoms with Crippen LogP contribution in [0.3, 0.4) is 0 Å². The Morgan fingerprint density at radius 3 is 2.26 bits per heavy atom. The van der Waals surface area contributed by atoms with Crippen molar-refractivity contribution in [3.05, 3.63) is 113 Å². The zero-order chi connectivity index (χ0) is 27.5. The number of hydrogen-bond donors (Lipinski definition) is 1. The van der Waals surface area contributed by atoms with Crippen LogP contribution in [0.2, 0.25) is 5.02 Å². The Hall–Kier alpha value is -4.16. The average Bonchev–Trinajstić information content (AvgIpc) is 3.19. The van der Waals surface area contributed by atoms with Crippen molar-refractivity contribution in [1.82, 2.24) is 10.2 Å². The summed E-state index contributed by atoms with van der Waals surface area (Å²) < 4.78 is 0. The molecule has 3 amide bonds. The topological polar surface area (TPSA) is 69.7 Å². The fourth-order valence-electron chi connectivity index (χ4n) is 5.08. The van der Waals surface area contributed by atoms with Gasteiger partial charge in [0, 0.05) is 35.0 Å². The number of nitrogens with zero attached hydrogens (tertiary/aromatic N) is 2. The van der Waals surface area contributed by atoms with E-state index in [9.17, 15) is 14.4 Å². The van der Waals surface area contributed by atoms with Crippen molar-refractivity contribution in [2.45, 2.75) is 38.9 Å². The number of carbonyl (C=O) groups excluding carboxylic acids is 3. The van der Waals surface area contributed by atoms with Gasteiger partial charge in [-0.15, -0.1) is 0 Å². The van der Waals surface area contributed by atoms with Gasteiger partial charge in [0.05, 0.1) is 5.69 Å². The number of halogens is 1. The van der Waals surface area contributed by atoms with Crippen LogP contribution in [0.1, 0.15) is 35.3 Å².